The third-order valence-electron chi connectivity index (χ3n) is 3.80. The van der Waals surface area contributed by atoms with E-state index in [1.165, 1.54) is 25.7 Å². The number of hydrogen-bond donors (Lipinski definition) is 1. The molecule has 1 saturated heterocycles. The first-order valence-corrected chi connectivity index (χ1v) is 6.89. The van der Waals surface area contributed by atoms with E-state index in [0.29, 0.717) is 17.7 Å². The lowest BCUT2D eigenvalue weighted by atomic mass is 10.2. The second-order valence-corrected chi connectivity index (χ2v) is 5.42. The molecule has 4 nitrogen and oxygen atoms in total. The van der Waals surface area contributed by atoms with Crippen molar-refractivity contribution < 1.29 is 9.21 Å². The molecular weight excluding hydrogens is 228 g/mol. The van der Waals surface area contributed by atoms with Gasteiger partial charge in [-0.15, -0.1) is 0 Å². The number of nitrogens with one attached hydrogen (secondary N) is 1. The molecule has 3 rings (SSSR count). The lowest BCUT2D eigenvalue weighted by Crippen LogP contribution is -2.42. The Bertz CT molecular complexity index is 392. The molecule has 98 valence electrons. The summed E-state index contributed by atoms with van der Waals surface area (Å²) < 4.78 is 5.23. The normalized spacial score (nSPS) is 23.2. The van der Waals surface area contributed by atoms with Gasteiger partial charge in [0, 0.05) is 19.1 Å². The largest absolute Gasteiger partial charge is 0.459 e. The van der Waals surface area contributed by atoms with Crippen LogP contribution in [0.25, 0.3) is 0 Å². The van der Waals surface area contributed by atoms with Crippen molar-refractivity contribution in [1.29, 1.82) is 0 Å². The highest BCUT2D eigenvalue weighted by Crippen LogP contribution is 2.30. The number of furan rings is 1. The summed E-state index contributed by atoms with van der Waals surface area (Å²) in [6.45, 7) is 2.78. The average molecular weight is 248 g/mol. The maximum absolute atomic E-state index is 12.4. The summed E-state index contributed by atoms with van der Waals surface area (Å²) in [6.07, 6.45) is 6.49. The summed E-state index contributed by atoms with van der Waals surface area (Å²) >= 11 is 0. The lowest BCUT2D eigenvalue weighted by Gasteiger charge is -2.25. The molecule has 0 spiro atoms. The van der Waals surface area contributed by atoms with Gasteiger partial charge in [0.15, 0.2) is 5.76 Å². The SMILES string of the molecule is O=C(c1ccco1)N(CC1CC1)CC1CCCN1. The molecule has 1 aromatic heterocycles. The zero-order valence-electron chi connectivity index (χ0n) is 10.6. The Balaban J connectivity index is 1.65. The minimum atomic E-state index is 0.0422. The van der Waals surface area contributed by atoms with Crippen molar-refractivity contribution >= 4 is 5.91 Å². The molecule has 1 N–H and O–H groups in total. The predicted molar refractivity (Wildman–Crippen MR) is 68.4 cm³/mol. The molecule has 1 aliphatic carbocycles. The van der Waals surface area contributed by atoms with Crippen molar-refractivity contribution in [2.45, 2.75) is 31.7 Å². The molecule has 1 saturated carbocycles. The van der Waals surface area contributed by atoms with Crippen LogP contribution in [0.5, 0.6) is 0 Å². The maximum atomic E-state index is 12.4. The van der Waals surface area contributed by atoms with E-state index in [4.69, 9.17) is 4.42 Å². The molecular formula is C14H20N2O2. The van der Waals surface area contributed by atoms with Gasteiger partial charge < -0.3 is 14.6 Å². The fourth-order valence-corrected chi connectivity index (χ4v) is 2.59. The molecule has 4 heteroatoms. The van der Waals surface area contributed by atoms with Crippen LogP contribution >= 0.6 is 0 Å². The van der Waals surface area contributed by atoms with E-state index in [9.17, 15) is 4.79 Å². The van der Waals surface area contributed by atoms with E-state index in [1.54, 1.807) is 18.4 Å². The van der Waals surface area contributed by atoms with Crippen molar-refractivity contribution in [3.8, 4) is 0 Å². The Morgan fingerprint density at radius 3 is 2.89 bits per heavy atom. The fourth-order valence-electron chi connectivity index (χ4n) is 2.59. The summed E-state index contributed by atoms with van der Waals surface area (Å²) in [5.74, 6) is 1.22. The molecule has 1 unspecified atom stereocenters. The van der Waals surface area contributed by atoms with Gasteiger partial charge in [-0.05, 0) is 50.3 Å². The van der Waals surface area contributed by atoms with Gasteiger partial charge in [-0.25, -0.2) is 0 Å². The average Bonchev–Trinajstić information content (AvgIpc) is 2.88. The zero-order chi connectivity index (χ0) is 12.4. The first kappa shape index (κ1) is 11.8. The fraction of sp³-hybridized carbons (Fsp3) is 0.643. The van der Waals surface area contributed by atoms with E-state index in [2.05, 4.69) is 5.32 Å². The maximum Gasteiger partial charge on any atom is 0.289 e. The molecule has 0 aromatic carbocycles. The van der Waals surface area contributed by atoms with Crippen molar-refractivity contribution in [2.75, 3.05) is 19.6 Å². The molecule has 2 fully saturated rings. The summed E-state index contributed by atoms with van der Waals surface area (Å²) in [4.78, 5) is 14.3. The molecule has 18 heavy (non-hydrogen) atoms. The van der Waals surface area contributed by atoms with E-state index in [1.807, 2.05) is 4.90 Å². The van der Waals surface area contributed by atoms with Crippen LogP contribution in [0.3, 0.4) is 0 Å². The molecule has 1 atom stereocenters. The Morgan fingerprint density at radius 1 is 1.39 bits per heavy atom. The number of nitrogens with zero attached hydrogens (tertiary/aromatic N) is 1. The van der Waals surface area contributed by atoms with Crippen LogP contribution in [-0.4, -0.2) is 36.5 Å². The summed E-state index contributed by atoms with van der Waals surface area (Å²) in [7, 11) is 0. The van der Waals surface area contributed by atoms with Gasteiger partial charge in [-0.3, -0.25) is 4.79 Å². The van der Waals surface area contributed by atoms with Gasteiger partial charge in [0.25, 0.3) is 5.91 Å². The van der Waals surface area contributed by atoms with Crippen LogP contribution in [0.2, 0.25) is 0 Å². The van der Waals surface area contributed by atoms with Crippen LogP contribution in [0.15, 0.2) is 22.8 Å². The van der Waals surface area contributed by atoms with Crippen LogP contribution in [0, 0.1) is 5.92 Å². The van der Waals surface area contributed by atoms with Crippen LogP contribution in [0.1, 0.15) is 36.2 Å². The highest BCUT2D eigenvalue weighted by Gasteiger charge is 2.30. The van der Waals surface area contributed by atoms with Crippen molar-refractivity contribution in [3.63, 3.8) is 0 Å². The number of hydrogen-bond acceptors (Lipinski definition) is 3. The van der Waals surface area contributed by atoms with E-state index >= 15 is 0 Å². The summed E-state index contributed by atoms with van der Waals surface area (Å²) in [6, 6.07) is 3.99. The zero-order valence-corrected chi connectivity index (χ0v) is 10.6. The first-order chi connectivity index (χ1) is 8.83. The second-order valence-electron chi connectivity index (χ2n) is 5.42. The van der Waals surface area contributed by atoms with Crippen molar-refractivity contribution in [1.82, 2.24) is 10.2 Å². The van der Waals surface area contributed by atoms with Gasteiger partial charge in [0.05, 0.1) is 6.26 Å². The summed E-state index contributed by atoms with van der Waals surface area (Å²) in [5, 5.41) is 3.46. The molecule has 1 amide bonds. The second kappa shape index (κ2) is 5.14. The Hall–Kier alpha value is -1.29. The smallest absolute Gasteiger partial charge is 0.289 e. The Kier molecular flexibility index (Phi) is 3.37. The molecule has 0 bridgehead atoms. The van der Waals surface area contributed by atoms with Crippen LogP contribution < -0.4 is 5.32 Å². The van der Waals surface area contributed by atoms with Gasteiger partial charge in [0.2, 0.25) is 0 Å². The number of rotatable bonds is 5. The third-order valence-corrected chi connectivity index (χ3v) is 3.80. The Labute approximate surface area is 107 Å². The van der Waals surface area contributed by atoms with Crippen molar-refractivity contribution in [2.24, 2.45) is 5.92 Å². The monoisotopic (exact) mass is 248 g/mol. The highest BCUT2D eigenvalue weighted by molar-refractivity contribution is 5.91. The standard InChI is InChI=1S/C14H20N2O2/c17-14(13-4-2-8-18-13)16(9-11-5-6-11)10-12-3-1-7-15-12/h2,4,8,11-12,15H,1,3,5-7,9-10H2. The van der Waals surface area contributed by atoms with E-state index in [0.717, 1.165) is 19.6 Å². The van der Waals surface area contributed by atoms with Crippen LogP contribution in [-0.2, 0) is 0 Å². The number of carbonyl (C=O) groups is 1. The van der Waals surface area contributed by atoms with Gasteiger partial charge in [-0.1, -0.05) is 0 Å². The predicted octanol–water partition coefficient (Wildman–Crippen LogP) is 1.88. The Morgan fingerprint density at radius 2 is 2.28 bits per heavy atom. The minimum absolute atomic E-state index is 0.0422. The quantitative estimate of drug-likeness (QED) is 0.865. The summed E-state index contributed by atoms with van der Waals surface area (Å²) in [5.41, 5.74) is 0. The van der Waals surface area contributed by atoms with Crippen LogP contribution in [0.4, 0.5) is 0 Å². The highest BCUT2D eigenvalue weighted by atomic mass is 16.3. The number of carbonyl (C=O) groups excluding carboxylic acids is 1. The van der Waals surface area contributed by atoms with E-state index < -0.39 is 0 Å². The van der Waals surface area contributed by atoms with Gasteiger partial charge >= 0.3 is 0 Å². The molecule has 2 aliphatic rings. The molecule has 2 heterocycles. The lowest BCUT2D eigenvalue weighted by molar-refractivity contribution is 0.0701. The molecule has 1 aliphatic heterocycles. The number of amides is 1. The first-order valence-electron chi connectivity index (χ1n) is 6.89. The minimum Gasteiger partial charge on any atom is -0.459 e. The molecule has 0 radical (unpaired) electrons. The molecule has 1 aromatic rings. The topological polar surface area (TPSA) is 45.5 Å². The van der Waals surface area contributed by atoms with Gasteiger partial charge in [-0.2, -0.15) is 0 Å². The van der Waals surface area contributed by atoms with Crippen molar-refractivity contribution in [3.05, 3.63) is 24.2 Å². The third kappa shape index (κ3) is 2.75. The van der Waals surface area contributed by atoms with Gasteiger partial charge in [0.1, 0.15) is 0 Å². The van der Waals surface area contributed by atoms with E-state index in [-0.39, 0.29) is 5.91 Å².